The normalized spacial score (nSPS) is 11.8. The summed E-state index contributed by atoms with van der Waals surface area (Å²) in [7, 11) is 0. The maximum absolute atomic E-state index is 6.09. The zero-order chi connectivity index (χ0) is 16.1. The highest BCUT2D eigenvalue weighted by Gasteiger charge is 2.10. The van der Waals surface area contributed by atoms with Gasteiger partial charge < -0.3 is 10.6 Å². The van der Waals surface area contributed by atoms with Crippen LogP contribution in [-0.4, -0.2) is 5.11 Å². The summed E-state index contributed by atoms with van der Waals surface area (Å²) in [6.45, 7) is 4.22. The van der Waals surface area contributed by atoms with E-state index in [4.69, 9.17) is 23.8 Å². The average molecular weight is 398 g/mol. The van der Waals surface area contributed by atoms with E-state index in [1.807, 2.05) is 18.2 Å². The van der Waals surface area contributed by atoms with Crippen LogP contribution in [-0.2, 0) is 0 Å². The lowest BCUT2D eigenvalue weighted by molar-refractivity contribution is 0.629. The molecule has 2 N–H and O–H groups in total. The lowest BCUT2D eigenvalue weighted by Gasteiger charge is -2.20. The van der Waals surface area contributed by atoms with Crippen LogP contribution in [0.2, 0.25) is 5.02 Å². The highest BCUT2D eigenvalue weighted by atomic mass is 79.9. The third-order valence-corrected chi connectivity index (χ3v) is 4.82. The standard InChI is InChI=1S/C17H18BrClN2S/c1-3-16(12-6-4-11(2)5-7-12)21-17(22)20-13-8-9-14(18)15(19)10-13/h4-10,16H,3H2,1-2H3,(H2,20,21,22)/t16-/m0/s1. The van der Waals surface area contributed by atoms with Crippen molar-refractivity contribution in [1.82, 2.24) is 5.32 Å². The smallest absolute Gasteiger partial charge is 0.171 e. The van der Waals surface area contributed by atoms with Gasteiger partial charge in [-0.15, -0.1) is 0 Å². The Labute approximate surface area is 150 Å². The second-order valence-corrected chi connectivity index (χ2v) is 6.77. The van der Waals surface area contributed by atoms with Gasteiger partial charge in [-0.3, -0.25) is 0 Å². The van der Waals surface area contributed by atoms with Crippen molar-refractivity contribution >= 4 is 50.5 Å². The molecule has 0 aliphatic heterocycles. The molecule has 1 atom stereocenters. The molecule has 0 heterocycles. The van der Waals surface area contributed by atoms with Gasteiger partial charge in [-0.1, -0.05) is 48.4 Å². The molecule has 0 fully saturated rings. The summed E-state index contributed by atoms with van der Waals surface area (Å²) in [5.74, 6) is 0. The first-order valence-electron chi connectivity index (χ1n) is 7.08. The van der Waals surface area contributed by atoms with Crippen LogP contribution in [0.15, 0.2) is 46.9 Å². The van der Waals surface area contributed by atoms with Crippen LogP contribution in [0.4, 0.5) is 5.69 Å². The Morgan fingerprint density at radius 2 is 1.91 bits per heavy atom. The second kappa shape index (κ2) is 7.95. The Kier molecular flexibility index (Phi) is 6.24. The number of rotatable bonds is 4. The van der Waals surface area contributed by atoms with Crippen LogP contribution < -0.4 is 10.6 Å². The fourth-order valence-corrected chi connectivity index (χ4v) is 2.81. The van der Waals surface area contributed by atoms with Gasteiger partial charge >= 0.3 is 0 Å². The zero-order valence-corrected chi connectivity index (χ0v) is 15.6. The molecule has 0 saturated heterocycles. The molecular formula is C17H18BrClN2S. The first kappa shape index (κ1) is 17.3. The van der Waals surface area contributed by atoms with E-state index in [9.17, 15) is 0 Å². The number of benzene rings is 2. The molecule has 116 valence electrons. The number of anilines is 1. The van der Waals surface area contributed by atoms with Crippen molar-refractivity contribution in [3.8, 4) is 0 Å². The Hall–Kier alpha value is -1.10. The lowest BCUT2D eigenvalue weighted by Crippen LogP contribution is -2.32. The Balaban J connectivity index is 2.02. The van der Waals surface area contributed by atoms with E-state index in [0.717, 1.165) is 16.6 Å². The highest BCUT2D eigenvalue weighted by Crippen LogP contribution is 2.25. The number of hydrogen-bond donors (Lipinski definition) is 2. The number of halogens is 2. The van der Waals surface area contributed by atoms with Crippen molar-refractivity contribution in [2.45, 2.75) is 26.3 Å². The molecule has 0 saturated carbocycles. The van der Waals surface area contributed by atoms with Crippen LogP contribution in [0.1, 0.15) is 30.5 Å². The van der Waals surface area contributed by atoms with Crippen LogP contribution >= 0.6 is 39.7 Å². The molecule has 0 bridgehead atoms. The van der Waals surface area contributed by atoms with Gasteiger partial charge in [0.2, 0.25) is 0 Å². The largest absolute Gasteiger partial charge is 0.356 e. The van der Waals surface area contributed by atoms with Gasteiger partial charge in [0.15, 0.2) is 5.11 Å². The fraction of sp³-hybridized carbons (Fsp3) is 0.235. The molecule has 2 rings (SSSR count). The van der Waals surface area contributed by atoms with E-state index >= 15 is 0 Å². The molecule has 22 heavy (non-hydrogen) atoms. The summed E-state index contributed by atoms with van der Waals surface area (Å²) in [4.78, 5) is 0. The van der Waals surface area contributed by atoms with Crippen LogP contribution in [0, 0.1) is 6.92 Å². The summed E-state index contributed by atoms with van der Waals surface area (Å²) in [5.41, 5.74) is 3.35. The fourth-order valence-electron chi connectivity index (χ4n) is 2.12. The molecule has 0 amide bonds. The van der Waals surface area contributed by atoms with Gasteiger partial charge in [-0.05, 0) is 65.3 Å². The molecule has 0 spiro atoms. The Morgan fingerprint density at radius 3 is 2.50 bits per heavy atom. The van der Waals surface area contributed by atoms with Crippen molar-refractivity contribution in [3.05, 3.63) is 63.1 Å². The summed E-state index contributed by atoms with van der Waals surface area (Å²) < 4.78 is 0.865. The summed E-state index contributed by atoms with van der Waals surface area (Å²) in [6.07, 6.45) is 0.950. The van der Waals surface area contributed by atoms with Crippen molar-refractivity contribution < 1.29 is 0 Å². The minimum atomic E-state index is 0.187. The number of hydrogen-bond acceptors (Lipinski definition) is 1. The third-order valence-electron chi connectivity index (χ3n) is 3.37. The molecule has 2 aromatic carbocycles. The molecule has 0 radical (unpaired) electrons. The number of thiocarbonyl (C=S) groups is 1. The summed E-state index contributed by atoms with van der Waals surface area (Å²) in [6, 6.07) is 14.3. The van der Waals surface area contributed by atoms with Gasteiger partial charge in [0.05, 0.1) is 11.1 Å². The molecule has 0 unspecified atom stereocenters. The monoisotopic (exact) mass is 396 g/mol. The quantitative estimate of drug-likeness (QED) is 0.633. The lowest BCUT2D eigenvalue weighted by atomic mass is 10.0. The van der Waals surface area contributed by atoms with Gasteiger partial charge in [-0.25, -0.2) is 0 Å². The number of aryl methyl sites for hydroxylation is 1. The van der Waals surface area contributed by atoms with Crippen LogP contribution in [0.25, 0.3) is 0 Å². The van der Waals surface area contributed by atoms with Crippen molar-refractivity contribution in [2.24, 2.45) is 0 Å². The van der Waals surface area contributed by atoms with Gasteiger partial charge in [0.25, 0.3) is 0 Å². The van der Waals surface area contributed by atoms with E-state index < -0.39 is 0 Å². The van der Waals surface area contributed by atoms with Crippen LogP contribution in [0.5, 0.6) is 0 Å². The van der Waals surface area contributed by atoms with E-state index in [0.29, 0.717) is 10.1 Å². The van der Waals surface area contributed by atoms with Crippen molar-refractivity contribution in [3.63, 3.8) is 0 Å². The van der Waals surface area contributed by atoms with Crippen molar-refractivity contribution in [1.29, 1.82) is 0 Å². The number of nitrogens with one attached hydrogen (secondary N) is 2. The average Bonchev–Trinajstić information content (AvgIpc) is 2.49. The first-order chi connectivity index (χ1) is 10.5. The van der Waals surface area contributed by atoms with E-state index in [1.54, 1.807) is 0 Å². The predicted molar refractivity (Wildman–Crippen MR) is 103 cm³/mol. The molecule has 0 aromatic heterocycles. The maximum atomic E-state index is 6.09. The Morgan fingerprint density at radius 1 is 1.23 bits per heavy atom. The van der Waals surface area contributed by atoms with Gasteiger partial charge in [0, 0.05) is 10.2 Å². The van der Waals surface area contributed by atoms with Gasteiger partial charge in [-0.2, -0.15) is 0 Å². The topological polar surface area (TPSA) is 24.1 Å². The molecule has 0 aliphatic rings. The molecular weight excluding hydrogens is 380 g/mol. The van der Waals surface area contributed by atoms with Crippen molar-refractivity contribution in [2.75, 3.05) is 5.32 Å². The minimum Gasteiger partial charge on any atom is -0.356 e. The maximum Gasteiger partial charge on any atom is 0.171 e. The van der Waals surface area contributed by atoms with Crippen LogP contribution in [0.3, 0.4) is 0 Å². The van der Waals surface area contributed by atoms with E-state index in [-0.39, 0.29) is 6.04 Å². The molecule has 2 aromatic rings. The SMILES string of the molecule is CC[C@H](NC(=S)Nc1ccc(Br)c(Cl)c1)c1ccc(C)cc1. The third kappa shape index (κ3) is 4.70. The zero-order valence-electron chi connectivity index (χ0n) is 12.5. The molecule has 5 heteroatoms. The molecule has 0 aliphatic carbocycles. The van der Waals surface area contributed by atoms with Gasteiger partial charge in [0.1, 0.15) is 0 Å². The summed E-state index contributed by atoms with van der Waals surface area (Å²) in [5, 5.41) is 7.76. The highest BCUT2D eigenvalue weighted by molar-refractivity contribution is 9.10. The molecule has 2 nitrogen and oxygen atoms in total. The first-order valence-corrected chi connectivity index (χ1v) is 8.66. The predicted octanol–water partition coefficient (Wildman–Crippen LogP) is 5.85. The summed E-state index contributed by atoms with van der Waals surface area (Å²) >= 11 is 14.9. The second-order valence-electron chi connectivity index (χ2n) is 5.10. The van der Waals surface area contributed by atoms with E-state index in [2.05, 4.69) is 64.7 Å². The minimum absolute atomic E-state index is 0.187. The van der Waals surface area contributed by atoms with E-state index in [1.165, 1.54) is 11.1 Å². The Bertz CT molecular complexity index is 658.